The van der Waals surface area contributed by atoms with Crippen molar-refractivity contribution in [2.45, 2.75) is 11.5 Å². The van der Waals surface area contributed by atoms with E-state index in [4.69, 9.17) is 4.74 Å². The van der Waals surface area contributed by atoms with Crippen LogP contribution < -0.4 is 9.62 Å². The Morgan fingerprint density at radius 1 is 1.21 bits per heavy atom. The molecule has 28 heavy (non-hydrogen) atoms. The molecule has 0 fully saturated rings. The van der Waals surface area contributed by atoms with Gasteiger partial charge in [-0.3, -0.25) is 14.9 Å². The van der Waals surface area contributed by atoms with Crippen molar-refractivity contribution in [2.75, 3.05) is 25.5 Å². The summed E-state index contributed by atoms with van der Waals surface area (Å²) in [5.74, 6) is -0.772. The Labute approximate surface area is 170 Å². The largest absolute Gasteiger partial charge is 0.460 e. The van der Waals surface area contributed by atoms with Crippen molar-refractivity contribution in [2.24, 2.45) is 0 Å². The zero-order chi connectivity index (χ0) is 20.9. The van der Waals surface area contributed by atoms with Gasteiger partial charge in [0.15, 0.2) is 0 Å². The van der Waals surface area contributed by atoms with Crippen molar-refractivity contribution >= 4 is 43.3 Å². The summed E-state index contributed by atoms with van der Waals surface area (Å²) in [6, 6.07) is 10.6. The van der Waals surface area contributed by atoms with Crippen molar-refractivity contribution in [1.29, 1.82) is 0 Å². The Bertz CT molecular complexity index is 977. The monoisotopic (exact) mass is 471 g/mol. The molecule has 2 rings (SSSR count). The van der Waals surface area contributed by atoms with Crippen LogP contribution in [0.1, 0.15) is 5.56 Å². The average Bonchev–Trinajstić information content (AvgIpc) is 2.65. The van der Waals surface area contributed by atoms with E-state index in [0.717, 1.165) is 16.1 Å². The standard InChI is InChI=1S/C17H18BrN3O6S/c1-20(2)15-8-7-14(9-16(15)21(23)24)28(25,26)19-10-17(22)27-11-12-3-5-13(18)6-4-12/h3-9,19H,10-11H2,1-2H3. The van der Waals surface area contributed by atoms with Gasteiger partial charge < -0.3 is 9.64 Å². The summed E-state index contributed by atoms with van der Waals surface area (Å²) in [6.07, 6.45) is 0. The van der Waals surface area contributed by atoms with E-state index < -0.39 is 27.5 Å². The van der Waals surface area contributed by atoms with Gasteiger partial charge in [0, 0.05) is 24.6 Å². The molecule has 0 aliphatic heterocycles. The number of nitro groups is 1. The molecule has 0 radical (unpaired) electrons. The number of nitrogens with zero attached hydrogens (tertiary/aromatic N) is 2. The third kappa shape index (κ3) is 5.75. The molecule has 2 aromatic rings. The summed E-state index contributed by atoms with van der Waals surface area (Å²) in [6.45, 7) is -0.598. The molecule has 0 unspecified atom stereocenters. The predicted molar refractivity (Wildman–Crippen MR) is 107 cm³/mol. The molecule has 0 spiro atoms. The fourth-order valence-corrected chi connectivity index (χ4v) is 3.48. The summed E-state index contributed by atoms with van der Waals surface area (Å²) in [4.78, 5) is 23.5. The van der Waals surface area contributed by atoms with Crippen LogP contribution in [0, 0.1) is 10.1 Å². The molecular weight excluding hydrogens is 454 g/mol. The number of hydrogen-bond acceptors (Lipinski definition) is 7. The number of nitro benzene ring substituents is 1. The third-order valence-corrected chi connectivity index (χ3v) is 5.58. The molecule has 9 nitrogen and oxygen atoms in total. The van der Waals surface area contributed by atoms with Crippen molar-refractivity contribution < 1.29 is 22.9 Å². The smallest absolute Gasteiger partial charge is 0.321 e. The Balaban J connectivity index is 2.03. The second kappa shape index (κ2) is 9.13. The number of halogens is 1. The van der Waals surface area contributed by atoms with Crippen LogP contribution >= 0.6 is 15.9 Å². The number of carbonyl (C=O) groups excluding carboxylic acids is 1. The van der Waals surface area contributed by atoms with Crippen molar-refractivity contribution in [3.8, 4) is 0 Å². The summed E-state index contributed by atoms with van der Waals surface area (Å²) < 4.78 is 32.7. The number of ether oxygens (including phenoxy) is 1. The highest BCUT2D eigenvalue weighted by Crippen LogP contribution is 2.29. The maximum Gasteiger partial charge on any atom is 0.321 e. The molecule has 0 saturated heterocycles. The van der Waals surface area contributed by atoms with E-state index in [2.05, 4.69) is 20.7 Å². The lowest BCUT2D eigenvalue weighted by Crippen LogP contribution is -2.30. The molecule has 11 heteroatoms. The highest BCUT2D eigenvalue weighted by Gasteiger charge is 2.23. The SMILES string of the molecule is CN(C)c1ccc(S(=O)(=O)NCC(=O)OCc2ccc(Br)cc2)cc1[N+](=O)[O-]. The first kappa shape index (κ1) is 21.8. The summed E-state index contributed by atoms with van der Waals surface area (Å²) in [5.41, 5.74) is 0.651. The zero-order valence-electron chi connectivity index (χ0n) is 15.1. The quantitative estimate of drug-likeness (QED) is 0.356. The fourth-order valence-electron chi connectivity index (χ4n) is 2.23. The van der Waals surface area contributed by atoms with Gasteiger partial charge in [0.25, 0.3) is 5.69 Å². The van der Waals surface area contributed by atoms with E-state index in [0.29, 0.717) is 0 Å². The topological polar surface area (TPSA) is 119 Å². The number of esters is 1. The maximum absolute atomic E-state index is 12.3. The second-order valence-electron chi connectivity index (χ2n) is 5.91. The van der Waals surface area contributed by atoms with Gasteiger partial charge in [0.2, 0.25) is 10.0 Å². The predicted octanol–water partition coefficient (Wildman–Crippen LogP) is 2.45. The van der Waals surface area contributed by atoms with Gasteiger partial charge in [0.05, 0.1) is 9.82 Å². The summed E-state index contributed by atoms with van der Waals surface area (Å²) in [5, 5.41) is 11.2. The Hall–Kier alpha value is -2.50. The van der Waals surface area contributed by atoms with Gasteiger partial charge in [-0.15, -0.1) is 0 Å². The lowest BCUT2D eigenvalue weighted by molar-refractivity contribution is -0.384. The van der Waals surface area contributed by atoms with E-state index in [1.807, 2.05) is 0 Å². The number of nitrogens with one attached hydrogen (secondary N) is 1. The number of anilines is 1. The minimum atomic E-state index is -4.12. The van der Waals surface area contributed by atoms with Gasteiger partial charge in [-0.05, 0) is 29.8 Å². The highest BCUT2D eigenvalue weighted by molar-refractivity contribution is 9.10. The molecule has 150 valence electrons. The van der Waals surface area contributed by atoms with Crippen LogP contribution in [0.15, 0.2) is 51.8 Å². The molecule has 0 amide bonds. The summed E-state index contributed by atoms with van der Waals surface area (Å²) >= 11 is 3.29. The number of carbonyl (C=O) groups is 1. The molecule has 0 aliphatic carbocycles. The number of hydrogen-bond donors (Lipinski definition) is 1. The first-order valence-corrected chi connectivity index (χ1v) is 10.2. The van der Waals surface area contributed by atoms with Crippen LogP contribution in [0.2, 0.25) is 0 Å². The molecule has 0 atom stereocenters. The normalized spacial score (nSPS) is 11.1. The van der Waals surface area contributed by atoms with Crippen molar-refractivity contribution in [1.82, 2.24) is 4.72 Å². The van der Waals surface area contributed by atoms with Crippen LogP contribution in [-0.2, 0) is 26.2 Å². The molecule has 2 aromatic carbocycles. The molecule has 0 saturated carbocycles. The van der Waals surface area contributed by atoms with Crippen LogP contribution in [0.3, 0.4) is 0 Å². The van der Waals surface area contributed by atoms with Gasteiger partial charge in [-0.1, -0.05) is 28.1 Å². The lowest BCUT2D eigenvalue weighted by Gasteiger charge is -2.13. The third-order valence-electron chi connectivity index (χ3n) is 3.66. The van der Waals surface area contributed by atoms with E-state index >= 15 is 0 Å². The lowest BCUT2D eigenvalue weighted by atomic mass is 10.2. The zero-order valence-corrected chi connectivity index (χ0v) is 17.5. The second-order valence-corrected chi connectivity index (χ2v) is 8.60. The first-order chi connectivity index (χ1) is 13.1. The van der Waals surface area contributed by atoms with E-state index in [9.17, 15) is 23.3 Å². The Morgan fingerprint density at radius 2 is 1.86 bits per heavy atom. The Kier molecular flexibility index (Phi) is 7.11. The van der Waals surface area contributed by atoms with Gasteiger partial charge >= 0.3 is 5.97 Å². The van der Waals surface area contributed by atoms with Gasteiger partial charge in [-0.2, -0.15) is 4.72 Å². The van der Waals surface area contributed by atoms with E-state index in [1.165, 1.54) is 17.0 Å². The average molecular weight is 472 g/mol. The molecule has 0 bridgehead atoms. The van der Waals surface area contributed by atoms with Crippen molar-refractivity contribution in [3.05, 3.63) is 62.6 Å². The Morgan fingerprint density at radius 3 is 2.43 bits per heavy atom. The minimum absolute atomic E-state index is 0.00313. The van der Waals surface area contributed by atoms with Crippen LogP contribution in [0.4, 0.5) is 11.4 Å². The van der Waals surface area contributed by atoms with Gasteiger partial charge in [-0.25, -0.2) is 8.42 Å². The molecule has 0 heterocycles. The number of sulfonamides is 1. The first-order valence-electron chi connectivity index (χ1n) is 7.95. The summed E-state index contributed by atoms with van der Waals surface area (Å²) in [7, 11) is -0.908. The minimum Gasteiger partial charge on any atom is -0.460 e. The fraction of sp³-hybridized carbons (Fsp3) is 0.235. The highest BCUT2D eigenvalue weighted by atomic mass is 79.9. The molecular formula is C17H18BrN3O6S. The molecule has 0 aromatic heterocycles. The van der Waals surface area contributed by atoms with E-state index in [1.54, 1.807) is 38.4 Å². The number of benzene rings is 2. The van der Waals surface area contributed by atoms with Crippen LogP contribution in [0.25, 0.3) is 0 Å². The number of rotatable bonds is 8. The van der Waals surface area contributed by atoms with Crippen molar-refractivity contribution in [3.63, 3.8) is 0 Å². The molecule has 1 N–H and O–H groups in total. The van der Waals surface area contributed by atoms with Crippen LogP contribution in [-0.4, -0.2) is 40.0 Å². The van der Waals surface area contributed by atoms with E-state index in [-0.39, 0.29) is 22.9 Å². The maximum atomic E-state index is 12.3. The molecule has 0 aliphatic rings. The van der Waals surface area contributed by atoms with Gasteiger partial charge in [0.1, 0.15) is 18.8 Å². The van der Waals surface area contributed by atoms with Crippen LogP contribution in [0.5, 0.6) is 0 Å².